The standard InChI is InChI=1S/C12H10Cl2FN3/c1-6-7(2)12(18-17-11(6)14)16-10-8(13)4-3-5-9(10)15/h3-5H,1-2H3,(H,16,18). The first-order chi connectivity index (χ1) is 8.50. The Bertz CT molecular complexity index is 582. The lowest BCUT2D eigenvalue weighted by molar-refractivity contribution is 0.631. The molecule has 0 fully saturated rings. The van der Waals surface area contributed by atoms with E-state index in [2.05, 4.69) is 15.5 Å². The van der Waals surface area contributed by atoms with Gasteiger partial charge in [-0.05, 0) is 37.1 Å². The number of hydrogen-bond acceptors (Lipinski definition) is 3. The zero-order valence-electron chi connectivity index (χ0n) is 9.76. The van der Waals surface area contributed by atoms with Gasteiger partial charge >= 0.3 is 0 Å². The van der Waals surface area contributed by atoms with Crippen molar-refractivity contribution < 1.29 is 4.39 Å². The highest BCUT2D eigenvalue weighted by molar-refractivity contribution is 6.33. The second-order valence-electron chi connectivity index (χ2n) is 3.81. The molecule has 0 saturated heterocycles. The lowest BCUT2D eigenvalue weighted by Crippen LogP contribution is -2.03. The Labute approximate surface area is 114 Å². The molecule has 0 aliphatic rings. The molecule has 94 valence electrons. The van der Waals surface area contributed by atoms with Crippen LogP contribution in [0.15, 0.2) is 18.2 Å². The van der Waals surface area contributed by atoms with E-state index in [-0.39, 0.29) is 10.7 Å². The fourth-order valence-corrected chi connectivity index (χ4v) is 1.82. The van der Waals surface area contributed by atoms with Crippen molar-refractivity contribution >= 4 is 34.7 Å². The largest absolute Gasteiger partial charge is 0.335 e. The number of anilines is 2. The number of para-hydroxylation sites is 1. The first kappa shape index (κ1) is 13.1. The zero-order valence-corrected chi connectivity index (χ0v) is 11.3. The van der Waals surface area contributed by atoms with Gasteiger partial charge in [0.15, 0.2) is 11.0 Å². The van der Waals surface area contributed by atoms with Gasteiger partial charge in [-0.3, -0.25) is 0 Å². The minimum absolute atomic E-state index is 0.179. The summed E-state index contributed by atoms with van der Waals surface area (Å²) in [6.45, 7) is 3.65. The van der Waals surface area contributed by atoms with Crippen LogP contribution in [0.5, 0.6) is 0 Å². The van der Waals surface area contributed by atoms with Gasteiger partial charge in [0.25, 0.3) is 0 Å². The topological polar surface area (TPSA) is 37.8 Å². The Kier molecular flexibility index (Phi) is 3.68. The minimum atomic E-state index is -0.448. The maximum absolute atomic E-state index is 13.6. The van der Waals surface area contributed by atoms with E-state index in [0.717, 1.165) is 11.1 Å². The highest BCUT2D eigenvalue weighted by Gasteiger charge is 2.12. The molecule has 1 aromatic heterocycles. The SMILES string of the molecule is Cc1c(Cl)nnc(Nc2c(F)cccc2Cl)c1C. The molecule has 0 radical (unpaired) electrons. The van der Waals surface area contributed by atoms with Crippen molar-refractivity contribution in [1.29, 1.82) is 0 Å². The van der Waals surface area contributed by atoms with E-state index in [0.29, 0.717) is 11.0 Å². The molecule has 0 saturated carbocycles. The Balaban J connectivity index is 2.44. The van der Waals surface area contributed by atoms with Gasteiger partial charge in [-0.1, -0.05) is 29.3 Å². The number of hydrogen-bond donors (Lipinski definition) is 1. The summed E-state index contributed by atoms with van der Waals surface area (Å²) in [7, 11) is 0. The second kappa shape index (κ2) is 5.08. The molecule has 2 aromatic rings. The summed E-state index contributed by atoms with van der Waals surface area (Å²) < 4.78 is 13.6. The molecule has 0 aliphatic carbocycles. The first-order valence-corrected chi connectivity index (χ1v) is 5.96. The second-order valence-corrected chi connectivity index (χ2v) is 4.58. The van der Waals surface area contributed by atoms with Gasteiger partial charge in [0.2, 0.25) is 0 Å². The van der Waals surface area contributed by atoms with Crippen LogP contribution < -0.4 is 5.32 Å². The zero-order chi connectivity index (χ0) is 13.3. The van der Waals surface area contributed by atoms with Crippen molar-refractivity contribution in [3.63, 3.8) is 0 Å². The third-order valence-corrected chi connectivity index (χ3v) is 3.35. The fourth-order valence-electron chi connectivity index (χ4n) is 1.43. The van der Waals surface area contributed by atoms with Crippen LogP contribution in [0.25, 0.3) is 0 Å². The van der Waals surface area contributed by atoms with E-state index in [1.807, 2.05) is 13.8 Å². The van der Waals surface area contributed by atoms with E-state index in [9.17, 15) is 4.39 Å². The van der Waals surface area contributed by atoms with Gasteiger partial charge in [0, 0.05) is 0 Å². The Morgan fingerprint density at radius 3 is 2.50 bits per heavy atom. The molecule has 2 rings (SSSR count). The van der Waals surface area contributed by atoms with Crippen LogP contribution in [-0.2, 0) is 0 Å². The van der Waals surface area contributed by atoms with Gasteiger partial charge in [-0.25, -0.2) is 4.39 Å². The number of aromatic nitrogens is 2. The monoisotopic (exact) mass is 285 g/mol. The molecule has 3 nitrogen and oxygen atoms in total. The maximum atomic E-state index is 13.6. The Morgan fingerprint density at radius 1 is 1.11 bits per heavy atom. The number of halogens is 3. The van der Waals surface area contributed by atoms with Crippen LogP contribution in [0.2, 0.25) is 10.2 Å². The number of nitrogens with zero attached hydrogens (tertiary/aromatic N) is 2. The molecule has 0 unspecified atom stereocenters. The van der Waals surface area contributed by atoms with Crippen molar-refractivity contribution in [3.05, 3.63) is 45.3 Å². The number of nitrogens with one attached hydrogen (secondary N) is 1. The molecule has 1 N–H and O–H groups in total. The summed E-state index contributed by atoms with van der Waals surface area (Å²) in [4.78, 5) is 0. The predicted molar refractivity (Wildman–Crippen MR) is 71.2 cm³/mol. The van der Waals surface area contributed by atoms with Crippen molar-refractivity contribution in [1.82, 2.24) is 10.2 Å². The van der Waals surface area contributed by atoms with Gasteiger partial charge < -0.3 is 5.32 Å². The van der Waals surface area contributed by atoms with Crippen LogP contribution in [0.1, 0.15) is 11.1 Å². The maximum Gasteiger partial charge on any atom is 0.156 e. The molecule has 1 aromatic carbocycles. The van der Waals surface area contributed by atoms with Crippen molar-refractivity contribution in [2.75, 3.05) is 5.32 Å². The molecule has 0 aliphatic heterocycles. The van der Waals surface area contributed by atoms with Crippen LogP contribution in [0.4, 0.5) is 15.9 Å². The highest BCUT2D eigenvalue weighted by Crippen LogP contribution is 2.29. The summed E-state index contributed by atoms with van der Waals surface area (Å²) >= 11 is 11.8. The van der Waals surface area contributed by atoms with Crippen LogP contribution in [0, 0.1) is 19.7 Å². The normalized spacial score (nSPS) is 10.5. The van der Waals surface area contributed by atoms with E-state index >= 15 is 0 Å². The summed E-state index contributed by atoms with van der Waals surface area (Å²) in [5.41, 5.74) is 1.77. The first-order valence-electron chi connectivity index (χ1n) is 5.21. The quantitative estimate of drug-likeness (QED) is 0.895. The van der Waals surface area contributed by atoms with E-state index in [1.54, 1.807) is 6.07 Å². The van der Waals surface area contributed by atoms with Gasteiger partial charge in [0.05, 0.1) is 10.7 Å². The van der Waals surface area contributed by atoms with E-state index in [4.69, 9.17) is 23.2 Å². The average molecular weight is 286 g/mol. The molecule has 1 heterocycles. The molecule has 0 bridgehead atoms. The minimum Gasteiger partial charge on any atom is -0.335 e. The van der Waals surface area contributed by atoms with Crippen molar-refractivity contribution in [2.24, 2.45) is 0 Å². The molecule has 6 heteroatoms. The predicted octanol–water partition coefficient (Wildman–Crippen LogP) is 4.28. The third kappa shape index (κ3) is 2.40. The summed E-state index contributed by atoms with van der Waals surface area (Å²) in [6, 6.07) is 4.45. The van der Waals surface area contributed by atoms with Crippen LogP contribution >= 0.6 is 23.2 Å². The lowest BCUT2D eigenvalue weighted by atomic mass is 10.2. The molecule has 0 atom stereocenters. The summed E-state index contributed by atoms with van der Waals surface area (Å²) in [5.74, 6) is -0.0137. The van der Waals surface area contributed by atoms with Crippen molar-refractivity contribution in [3.8, 4) is 0 Å². The third-order valence-electron chi connectivity index (χ3n) is 2.67. The highest BCUT2D eigenvalue weighted by atomic mass is 35.5. The Hall–Kier alpha value is -1.39. The molecule has 0 amide bonds. The summed E-state index contributed by atoms with van der Waals surface area (Å²) in [6.07, 6.45) is 0. The molecular formula is C12H10Cl2FN3. The Morgan fingerprint density at radius 2 is 1.83 bits per heavy atom. The smallest absolute Gasteiger partial charge is 0.156 e. The van der Waals surface area contributed by atoms with Gasteiger partial charge in [-0.15, -0.1) is 10.2 Å². The molecule has 18 heavy (non-hydrogen) atoms. The summed E-state index contributed by atoms with van der Waals surface area (Å²) in [5, 5.41) is 11.1. The van der Waals surface area contributed by atoms with E-state index < -0.39 is 5.82 Å². The molecular weight excluding hydrogens is 276 g/mol. The van der Waals surface area contributed by atoms with Gasteiger partial charge in [0.1, 0.15) is 5.82 Å². The average Bonchev–Trinajstić information content (AvgIpc) is 2.34. The number of rotatable bonds is 2. The fraction of sp³-hybridized carbons (Fsp3) is 0.167. The lowest BCUT2D eigenvalue weighted by Gasteiger charge is -2.12. The van der Waals surface area contributed by atoms with Crippen LogP contribution in [0.3, 0.4) is 0 Å². The van der Waals surface area contributed by atoms with Crippen molar-refractivity contribution in [2.45, 2.75) is 13.8 Å². The van der Waals surface area contributed by atoms with Crippen LogP contribution in [-0.4, -0.2) is 10.2 Å². The number of benzene rings is 1. The molecule has 0 spiro atoms. The van der Waals surface area contributed by atoms with E-state index in [1.165, 1.54) is 12.1 Å². The van der Waals surface area contributed by atoms with Gasteiger partial charge in [-0.2, -0.15) is 0 Å².